The molecule has 0 radical (unpaired) electrons. The summed E-state index contributed by atoms with van der Waals surface area (Å²) in [5, 5.41) is 7.11. The number of carbonyl (C=O) groups is 1. The van der Waals surface area contributed by atoms with Gasteiger partial charge in [0.25, 0.3) is 0 Å². The third-order valence-corrected chi connectivity index (χ3v) is 6.81. The maximum absolute atomic E-state index is 13.2. The van der Waals surface area contributed by atoms with E-state index >= 15 is 0 Å². The van der Waals surface area contributed by atoms with E-state index in [4.69, 9.17) is 10.5 Å². The van der Waals surface area contributed by atoms with Gasteiger partial charge in [-0.2, -0.15) is 0 Å². The lowest BCUT2D eigenvalue weighted by Gasteiger charge is -2.40. The summed E-state index contributed by atoms with van der Waals surface area (Å²) in [6.07, 6.45) is 5.09. The maximum atomic E-state index is 13.2. The predicted octanol–water partition coefficient (Wildman–Crippen LogP) is 2.47. The van der Waals surface area contributed by atoms with Crippen molar-refractivity contribution in [3.05, 3.63) is 48.2 Å². The smallest absolute Gasteiger partial charge is 0.241 e. The molecule has 1 saturated heterocycles. The lowest BCUT2D eigenvalue weighted by atomic mass is 10.1. The molecule has 1 aliphatic heterocycles. The fraction of sp³-hybridized carbons (Fsp3) is 0.385. The molecular weight excluding hydrogens is 470 g/mol. The number of hydrogen-bond donors (Lipinski definition) is 4. The number of hydrogen-bond acceptors (Lipinski definition) is 9. The predicted molar refractivity (Wildman–Crippen MR) is 147 cm³/mol. The molecule has 37 heavy (non-hydrogen) atoms. The van der Waals surface area contributed by atoms with Crippen molar-refractivity contribution in [3.63, 3.8) is 0 Å². The Balaban J connectivity index is 1.56. The van der Waals surface area contributed by atoms with Gasteiger partial charge in [-0.25, -0.2) is 9.97 Å². The van der Waals surface area contributed by atoms with Crippen LogP contribution in [0.2, 0.25) is 0 Å². The van der Waals surface area contributed by atoms with E-state index in [2.05, 4.69) is 54.3 Å². The fourth-order valence-electron chi connectivity index (χ4n) is 4.39. The number of carbonyl (C=O) groups excluding carboxylic acids is 1. The van der Waals surface area contributed by atoms with E-state index in [1.165, 1.54) is 7.11 Å². The van der Waals surface area contributed by atoms with Gasteiger partial charge in [0.05, 0.1) is 30.0 Å². The van der Waals surface area contributed by atoms with Gasteiger partial charge in [-0.05, 0) is 33.0 Å². The van der Waals surface area contributed by atoms with E-state index in [0.717, 1.165) is 41.8 Å². The number of rotatable bonds is 8. The Morgan fingerprint density at radius 3 is 2.86 bits per heavy atom. The van der Waals surface area contributed by atoms with Crippen LogP contribution in [-0.4, -0.2) is 89.8 Å². The van der Waals surface area contributed by atoms with Crippen molar-refractivity contribution in [1.29, 1.82) is 0 Å². The summed E-state index contributed by atoms with van der Waals surface area (Å²) < 4.78 is 5.11. The second-order valence-electron chi connectivity index (χ2n) is 9.18. The zero-order valence-electron chi connectivity index (χ0n) is 21.9. The average molecular weight is 506 g/mol. The van der Waals surface area contributed by atoms with Crippen molar-refractivity contribution in [3.8, 4) is 11.3 Å². The molecule has 0 saturated carbocycles. The van der Waals surface area contributed by atoms with Crippen LogP contribution >= 0.6 is 0 Å². The minimum atomic E-state index is -0.232. The van der Waals surface area contributed by atoms with Gasteiger partial charge in [-0.15, -0.1) is 0 Å². The Morgan fingerprint density at radius 2 is 2.14 bits per heavy atom. The molecule has 2 aromatic heterocycles. The minimum absolute atomic E-state index is 0.0263. The molecule has 2 atom stereocenters. The topological polar surface area (TPSA) is 137 Å². The van der Waals surface area contributed by atoms with E-state index in [9.17, 15) is 4.79 Å². The summed E-state index contributed by atoms with van der Waals surface area (Å²) in [5.74, 6) is 0.496. The Bertz CT molecular complexity index is 1320. The van der Waals surface area contributed by atoms with Crippen molar-refractivity contribution < 1.29 is 9.53 Å². The number of benzene rings is 1. The zero-order chi connectivity index (χ0) is 26.5. The largest absolute Gasteiger partial charge is 0.481 e. The second-order valence-corrected chi connectivity index (χ2v) is 9.18. The van der Waals surface area contributed by atoms with Gasteiger partial charge in [0, 0.05) is 62.3 Å². The molecule has 5 N–H and O–H groups in total. The third kappa shape index (κ3) is 5.73. The van der Waals surface area contributed by atoms with Crippen LogP contribution in [0.3, 0.4) is 0 Å². The molecule has 0 spiro atoms. The molecule has 1 aliphatic rings. The SMILES string of the molecule is CN=CC(Nc1nccc(-c2c[nH]c3c(NC(=O)C(C)N4CCN(C)C(C)C4)cccc23)n1)=C(N)OC. The van der Waals surface area contributed by atoms with Gasteiger partial charge in [-0.3, -0.25) is 14.7 Å². The number of aromatic nitrogens is 3. The number of aliphatic imine (C=N–C) groups is 1. The normalized spacial score (nSPS) is 18.6. The van der Waals surface area contributed by atoms with Crippen LogP contribution in [0.15, 0.2) is 53.2 Å². The van der Waals surface area contributed by atoms with Crippen LogP contribution in [0.1, 0.15) is 13.8 Å². The fourth-order valence-corrected chi connectivity index (χ4v) is 4.39. The average Bonchev–Trinajstić information content (AvgIpc) is 3.34. The van der Waals surface area contributed by atoms with Gasteiger partial charge in [0.15, 0.2) is 0 Å². The van der Waals surface area contributed by atoms with Gasteiger partial charge in [0.2, 0.25) is 17.7 Å². The number of para-hydroxylation sites is 1. The molecule has 2 unspecified atom stereocenters. The molecule has 1 amide bonds. The van der Waals surface area contributed by atoms with Gasteiger partial charge in [0.1, 0.15) is 5.70 Å². The van der Waals surface area contributed by atoms with Crippen molar-refractivity contribution in [2.24, 2.45) is 10.7 Å². The summed E-state index contributed by atoms with van der Waals surface area (Å²) in [5.41, 5.74) is 9.50. The molecule has 11 heteroatoms. The molecular formula is C26H35N9O2. The lowest BCUT2D eigenvalue weighted by Crippen LogP contribution is -2.55. The first-order chi connectivity index (χ1) is 17.8. The first-order valence-corrected chi connectivity index (χ1v) is 12.2. The highest BCUT2D eigenvalue weighted by molar-refractivity contribution is 6.06. The van der Waals surface area contributed by atoms with Crippen molar-refractivity contribution in [2.45, 2.75) is 25.9 Å². The number of nitrogens with zero attached hydrogens (tertiary/aromatic N) is 5. The number of fused-ring (bicyclic) bond motifs is 1. The molecule has 11 nitrogen and oxygen atoms in total. The summed E-state index contributed by atoms with van der Waals surface area (Å²) >= 11 is 0. The summed E-state index contributed by atoms with van der Waals surface area (Å²) in [6.45, 7) is 6.83. The summed E-state index contributed by atoms with van der Waals surface area (Å²) in [6, 6.07) is 7.84. The van der Waals surface area contributed by atoms with Crippen molar-refractivity contribution >= 4 is 34.7 Å². The van der Waals surface area contributed by atoms with E-state index in [-0.39, 0.29) is 17.8 Å². The summed E-state index contributed by atoms with van der Waals surface area (Å²) in [7, 11) is 5.24. The molecule has 0 bridgehead atoms. The van der Waals surface area contributed by atoms with Crippen LogP contribution in [0, 0.1) is 0 Å². The highest BCUT2D eigenvalue weighted by Gasteiger charge is 2.28. The highest BCUT2D eigenvalue weighted by Crippen LogP contribution is 2.32. The van der Waals surface area contributed by atoms with Crippen LogP contribution < -0.4 is 16.4 Å². The molecule has 1 fully saturated rings. The lowest BCUT2D eigenvalue weighted by molar-refractivity contribution is -0.121. The monoisotopic (exact) mass is 505 g/mol. The van der Waals surface area contributed by atoms with Crippen molar-refractivity contribution in [2.75, 3.05) is 51.5 Å². The number of methoxy groups -OCH3 is 1. The number of aromatic amines is 1. The molecule has 196 valence electrons. The van der Waals surface area contributed by atoms with Gasteiger partial charge < -0.3 is 31.0 Å². The summed E-state index contributed by atoms with van der Waals surface area (Å²) in [4.78, 5) is 34.0. The van der Waals surface area contributed by atoms with Crippen LogP contribution in [0.4, 0.5) is 11.6 Å². The molecule has 3 heterocycles. The zero-order valence-corrected chi connectivity index (χ0v) is 21.9. The van der Waals surface area contributed by atoms with Crippen LogP contribution in [0.25, 0.3) is 22.2 Å². The van der Waals surface area contributed by atoms with E-state index < -0.39 is 0 Å². The number of piperazine rings is 1. The second kappa shape index (κ2) is 11.4. The maximum Gasteiger partial charge on any atom is 0.241 e. The minimum Gasteiger partial charge on any atom is -0.481 e. The molecule has 1 aromatic carbocycles. The van der Waals surface area contributed by atoms with Crippen molar-refractivity contribution in [1.82, 2.24) is 24.8 Å². The van der Waals surface area contributed by atoms with Gasteiger partial charge >= 0.3 is 0 Å². The number of H-pyrrole nitrogens is 1. The van der Waals surface area contributed by atoms with E-state index in [0.29, 0.717) is 23.4 Å². The number of likely N-dealkylation sites (N-methyl/N-ethyl adjacent to an activating group) is 1. The Kier molecular flexibility index (Phi) is 8.04. The Morgan fingerprint density at radius 1 is 1.32 bits per heavy atom. The Hall–Kier alpha value is -3.96. The Labute approximate surface area is 216 Å². The number of nitrogens with one attached hydrogen (secondary N) is 3. The van der Waals surface area contributed by atoms with Gasteiger partial charge in [-0.1, -0.05) is 12.1 Å². The van der Waals surface area contributed by atoms with Crippen LogP contribution in [-0.2, 0) is 9.53 Å². The third-order valence-electron chi connectivity index (χ3n) is 6.81. The number of amides is 1. The molecule has 3 aromatic rings. The van der Waals surface area contributed by atoms with Crippen LogP contribution in [0.5, 0.6) is 0 Å². The number of anilines is 2. The molecule has 4 rings (SSSR count). The first-order valence-electron chi connectivity index (χ1n) is 12.2. The van der Waals surface area contributed by atoms with E-state index in [1.807, 2.05) is 37.4 Å². The number of allylic oxidation sites excluding steroid dienone is 1. The number of nitrogens with two attached hydrogens (primary N) is 1. The first kappa shape index (κ1) is 26.1. The van der Waals surface area contributed by atoms with E-state index in [1.54, 1.807) is 19.5 Å². The standard InChI is InChI=1S/C26H35N9O2/c1-16-15-35(12-11-34(16)4)17(2)25(36)31-21-8-6-7-18-19(13-30-23(18)21)20-9-10-29-26(32-20)33-22(14-28-3)24(27)37-5/h6-10,13-14,16-17,30H,11-12,15,27H2,1-5H3,(H,31,36)(H,29,32,33). The molecule has 0 aliphatic carbocycles. The quantitative estimate of drug-likeness (QED) is 0.271. The highest BCUT2D eigenvalue weighted by atomic mass is 16.5. The number of ether oxygens (including phenoxy) is 1.